The van der Waals surface area contributed by atoms with Gasteiger partial charge in [0.25, 0.3) is 0 Å². The fourth-order valence-corrected chi connectivity index (χ4v) is 6.51. The maximum Gasteiger partial charge on any atom is 0.137 e. The minimum absolute atomic E-state index is 0.609. The van der Waals surface area contributed by atoms with Crippen LogP contribution in [0.15, 0.2) is 140 Å². The molecule has 0 aliphatic carbocycles. The van der Waals surface area contributed by atoms with E-state index in [1.807, 2.05) is 60.7 Å². The Kier molecular flexibility index (Phi) is 6.89. The first-order valence-electron chi connectivity index (χ1n) is 15.4. The average molecular weight is 608 g/mol. The van der Waals surface area contributed by atoms with E-state index in [1.165, 1.54) is 0 Å². The molecule has 5 heteroatoms. The van der Waals surface area contributed by atoms with Gasteiger partial charge in [0.05, 0.1) is 36.9 Å². The van der Waals surface area contributed by atoms with E-state index < -0.39 is 0 Å². The zero-order chi connectivity index (χ0) is 31.9. The van der Waals surface area contributed by atoms with Crippen LogP contribution < -0.4 is 9.47 Å². The predicted molar refractivity (Wildman–Crippen MR) is 190 cm³/mol. The molecule has 224 valence electrons. The Hall–Kier alpha value is -6.38. The number of rotatable bonds is 6. The molecule has 0 amide bonds. The van der Waals surface area contributed by atoms with Crippen molar-refractivity contribution in [1.29, 1.82) is 5.26 Å². The number of nitrogens with zero attached hydrogens (tertiary/aromatic N) is 3. The summed E-state index contributed by atoms with van der Waals surface area (Å²) >= 11 is 0. The molecule has 0 aliphatic heterocycles. The Labute approximate surface area is 272 Å². The Bertz CT molecular complexity index is 2450. The molecule has 0 aliphatic rings. The van der Waals surface area contributed by atoms with Crippen molar-refractivity contribution in [2.24, 2.45) is 0 Å². The third-order valence-corrected chi connectivity index (χ3v) is 8.88. The van der Waals surface area contributed by atoms with E-state index in [-0.39, 0.29) is 0 Å². The number of pyridine rings is 1. The van der Waals surface area contributed by atoms with Crippen molar-refractivity contribution in [3.05, 3.63) is 145 Å². The van der Waals surface area contributed by atoms with Crippen molar-refractivity contribution in [2.45, 2.75) is 0 Å². The molecule has 8 rings (SSSR count). The number of hydrogen-bond donors (Lipinski definition) is 0. The lowest BCUT2D eigenvalue weighted by Crippen LogP contribution is -1.94. The van der Waals surface area contributed by atoms with E-state index in [4.69, 9.17) is 14.5 Å². The molecule has 6 aromatic carbocycles. The molecule has 47 heavy (non-hydrogen) atoms. The van der Waals surface area contributed by atoms with Crippen LogP contribution in [0.4, 0.5) is 0 Å². The van der Waals surface area contributed by atoms with Crippen LogP contribution in [0.2, 0.25) is 0 Å². The molecule has 2 heterocycles. The zero-order valence-corrected chi connectivity index (χ0v) is 25.9. The molecule has 0 fully saturated rings. The van der Waals surface area contributed by atoms with Gasteiger partial charge in [0.15, 0.2) is 0 Å². The summed E-state index contributed by atoms with van der Waals surface area (Å²) in [6.07, 6.45) is 2.08. The van der Waals surface area contributed by atoms with Crippen LogP contribution in [0.25, 0.3) is 72.0 Å². The lowest BCUT2D eigenvalue weighted by atomic mass is 9.86. The van der Waals surface area contributed by atoms with Gasteiger partial charge in [-0.1, -0.05) is 84.9 Å². The number of aromatic nitrogens is 2. The average Bonchev–Trinajstić information content (AvgIpc) is 3.54. The quantitative estimate of drug-likeness (QED) is 0.189. The van der Waals surface area contributed by atoms with Crippen LogP contribution in [0.1, 0.15) is 5.56 Å². The van der Waals surface area contributed by atoms with Crippen molar-refractivity contribution in [3.8, 4) is 62.1 Å². The van der Waals surface area contributed by atoms with Gasteiger partial charge in [0.2, 0.25) is 0 Å². The van der Waals surface area contributed by atoms with E-state index in [2.05, 4.69) is 89.5 Å². The van der Waals surface area contributed by atoms with Gasteiger partial charge in [0, 0.05) is 17.1 Å². The van der Waals surface area contributed by atoms with Gasteiger partial charge in [-0.15, -0.1) is 0 Å². The van der Waals surface area contributed by atoms with Gasteiger partial charge in [-0.25, -0.2) is 4.98 Å². The highest BCUT2D eigenvalue weighted by atomic mass is 16.5. The number of imidazole rings is 1. The molecular formula is C42H29N3O2. The maximum atomic E-state index is 9.96. The minimum atomic E-state index is 0.609. The van der Waals surface area contributed by atoms with Gasteiger partial charge in [-0.2, -0.15) is 5.26 Å². The molecule has 2 aromatic heterocycles. The van der Waals surface area contributed by atoms with E-state index >= 15 is 0 Å². The van der Waals surface area contributed by atoms with E-state index in [1.54, 1.807) is 14.2 Å². The summed E-state index contributed by atoms with van der Waals surface area (Å²) in [4.78, 5) is 5.13. The molecule has 8 aromatic rings. The van der Waals surface area contributed by atoms with E-state index in [9.17, 15) is 5.26 Å². The monoisotopic (exact) mass is 607 g/mol. The van der Waals surface area contributed by atoms with Crippen LogP contribution in [0.3, 0.4) is 0 Å². The van der Waals surface area contributed by atoms with Gasteiger partial charge in [-0.3, -0.25) is 4.40 Å². The van der Waals surface area contributed by atoms with Crippen molar-refractivity contribution < 1.29 is 9.47 Å². The maximum absolute atomic E-state index is 9.96. The van der Waals surface area contributed by atoms with Gasteiger partial charge in [0.1, 0.15) is 17.1 Å². The second kappa shape index (κ2) is 11.5. The molecule has 0 atom stereocenters. The number of benzene rings is 6. The summed E-state index contributed by atoms with van der Waals surface area (Å²) < 4.78 is 12.9. The van der Waals surface area contributed by atoms with Gasteiger partial charge in [-0.05, 0) is 92.9 Å². The summed E-state index contributed by atoms with van der Waals surface area (Å²) in [6.45, 7) is 0. The van der Waals surface area contributed by atoms with E-state index in [0.29, 0.717) is 5.56 Å². The van der Waals surface area contributed by atoms with Crippen molar-refractivity contribution in [1.82, 2.24) is 9.38 Å². The molecule has 0 unspecified atom stereocenters. The molecule has 0 spiro atoms. The van der Waals surface area contributed by atoms with Crippen molar-refractivity contribution in [3.63, 3.8) is 0 Å². The van der Waals surface area contributed by atoms with Crippen LogP contribution in [0, 0.1) is 11.3 Å². The van der Waals surface area contributed by atoms with Crippen LogP contribution in [-0.2, 0) is 0 Å². The lowest BCUT2D eigenvalue weighted by molar-refractivity contribution is 0.415. The molecular weight excluding hydrogens is 578 g/mol. The fraction of sp³-hybridized carbons (Fsp3) is 0.0476. The predicted octanol–water partition coefficient (Wildman–Crippen LogP) is 10.2. The molecule has 0 saturated carbocycles. The summed E-state index contributed by atoms with van der Waals surface area (Å²) in [5, 5.41) is 12.0. The molecule has 0 radical (unpaired) electrons. The molecule has 0 bridgehead atoms. The topological polar surface area (TPSA) is 59.6 Å². The summed E-state index contributed by atoms with van der Waals surface area (Å²) in [7, 11) is 3.36. The summed E-state index contributed by atoms with van der Waals surface area (Å²) in [5.74, 6) is 1.66. The lowest BCUT2D eigenvalue weighted by Gasteiger charge is -2.18. The SMILES string of the molecule is COc1ccc(-c2ccc(-c3c(-c4ccc(-c5ccc(OC)cc5)cc4)c4c(nc5ccccn54)c4ccc(C#N)cc34)cc2)cc1. The van der Waals surface area contributed by atoms with E-state index in [0.717, 1.165) is 83.5 Å². The van der Waals surface area contributed by atoms with Crippen molar-refractivity contribution >= 4 is 27.5 Å². The molecule has 0 saturated heterocycles. The number of methoxy groups -OCH3 is 2. The fourth-order valence-electron chi connectivity index (χ4n) is 6.51. The van der Waals surface area contributed by atoms with Crippen LogP contribution in [0.5, 0.6) is 11.5 Å². The largest absolute Gasteiger partial charge is 0.497 e. The third kappa shape index (κ3) is 4.84. The second-order valence-corrected chi connectivity index (χ2v) is 11.5. The highest BCUT2D eigenvalue weighted by Gasteiger charge is 2.22. The first-order chi connectivity index (χ1) is 23.1. The summed E-state index contributed by atoms with van der Waals surface area (Å²) in [5.41, 5.74) is 12.1. The minimum Gasteiger partial charge on any atom is -0.497 e. The summed E-state index contributed by atoms with van der Waals surface area (Å²) in [6, 6.07) is 48.0. The Morgan fingerprint density at radius 2 is 1.06 bits per heavy atom. The highest BCUT2D eigenvalue weighted by Crippen LogP contribution is 2.45. The Morgan fingerprint density at radius 3 is 1.60 bits per heavy atom. The van der Waals surface area contributed by atoms with Crippen LogP contribution in [-0.4, -0.2) is 23.6 Å². The number of nitriles is 1. The second-order valence-electron chi connectivity index (χ2n) is 11.5. The Morgan fingerprint density at radius 1 is 0.553 bits per heavy atom. The normalized spacial score (nSPS) is 11.2. The molecule has 5 nitrogen and oxygen atoms in total. The first-order valence-corrected chi connectivity index (χ1v) is 15.4. The zero-order valence-electron chi connectivity index (χ0n) is 25.9. The molecule has 0 N–H and O–H groups in total. The van der Waals surface area contributed by atoms with Gasteiger partial charge < -0.3 is 9.47 Å². The first kappa shape index (κ1) is 28.1. The number of fused-ring (bicyclic) bond motifs is 5. The van der Waals surface area contributed by atoms with Crippen molar-refractivity contribution in [2.75, 3.05) is 14.2 Å². The van der Waals surface area contributed by atoms with Crippen LogP contribution >= 0.6 is 0 Å². The van der Waals surface area contributed by atoms with Gasteiger partial charge >= 0.3 is 0 Å². The standard InChI is InChI=1S/C42H29N3O2/c1-46-34-19-15-30(16-20-34)28-7-11-32(12-8-28)39-37-25-27(26-43)6-23-36(37)41-42(45-24-4-3-5-38(45)44-41)40(39)33-13-9-29(10-14-33)31-17-21-35(47-2)22-18-31/h3-25H,1-2H3. The number of hydrogen-bond acceptors (Lipinski definition) is 4. The smallest absolute Gasteiger partial charge is 0.137 e. The Balaban J connectivity index is 1.39. The number of ether oxygens (including phenoxy) is 2. The highest BCUT2D eigenvalue weighted by molar-refractivity contribution is 6.20. The third-order valence-electron chi connectivity index (χ3n) is 8.88.